The average molecular weight is 417 g/mol. The number of nitrogens with one attached hydrogen (secondary N) is 1. The van der Waals surface area contributed by atoms with Crippen molar-refractivity contribution in [3.05, 3.63) is 71.5 Å². The third-order valence-electron chi connectivity index (χ3n) is 6.48. The minimum absolute atomic E-state index is 0.0660. The normalized spacial score (nSPS) is 21.0. The van der Waals surface area contributed by atoms with Crippen molar-refractivity contribution in [2.45, 2.75) is 32.7 Å². The zero-order chi connectivity index (χ0) is 21.4. The van der Waals surface area contributed by atoms with E-state index in [-0.39, 0.29) is 11.9 Å². The molecular formula is C24H28N6O. The van der Waals surface area contributed by atoms with E-state index in [4.69, 9.17) is 4.98 Å². The molecule has 31 heavy (non-hydrogen) atoms. The number of aromatic nitrogens is 2. The highest BCUT2D eigenvalue weighted by atomic mass is 16.2. The molecule has 7 nitrogen and oxygen atoms in total. The third kappa shape index (κ3) is 3.93. The Bertz CT molecular complexity index is 1100. The molecule has 1 fully saturated rings. The average Bonchev–Trinajstić information content (AvgIpc) is 2.95. The van der Waals surface area contributed by atoms with Gasteiger partial charge >= 0.3 is 0 Å². The van der Waals surface area contributed by atoms with Gasteiger partial charge in [0.2, 0.25) is 5.91 Å². The van der Waals surface area contributed by atoms with Crippen molar-refractivity contribution >= 4 is 16.9 Å². The second kappa shape index (κ2) is 8.15. The van der Waals surface area contributed by atoms with Crippen LogP contribution in [0.4, 0.5) is 0 Å². The fourth-order valence-corrected chi connectivity index (χ4v) is 4.49. The highest BCUT2D eigenvalue weighted by molar-refractivity contribution is 5.77. The summed E-state index contributed by atoms with van der Waals surface area (Å²) in [5.41, 5.74) is 8.33. The van der Waals surface area contributed by atoms with Crippen molar-refractivity contribution in [1.82, 2.24) is 30.2 Å². The number of hydrazine groups is 1. The number of piperazine rings is 1. The number of carbonyl (C=O) groups excluding carboxylic acids is 1. The van der Waals surface area contributed by atoms with Gasteiger partial charge in [0, 0.05) is 50.2 Å². The first-order chi connectivity index (χ1) is 15.1. The lowest BCUT2D eigenvalue weighted by Crippen LogP contribution is -2.47. The molecule has 160 valence electrons. The van der Waals surface area contributed by atoms with Gasteiger partial charge in [-0.3, -0.25) is 20.1 Å². The van der Waals surface area contributed by atoms with Gasteiger partial charge in [0.1, 0.15) is 0 Å². The van der Waals surface area contributed by atoms with Gasteiger partial charge in [0.15, 0.2) is 5.65 Å². The Morgan fingerprint density at radius 3 is 2.74 bits per heavy atom. The molecule has 0 radical (unpaired) electrons. The summed E-state index contributed by atoms with van der Waals surface area (Å²) in [6.45, 7) is 8.12. The van der Waals surface area contributed by atoms with Crippen LogP contribution >= 0.6 is 0 Å². The van der Waals surface area contributed by atoms with Crippen molar-refractivity contribution < 1.29 is 4.79 Å². The van der Waals surface area contributed by atoms with Gasteiger partial charge < -0.3 is 4.90 Å². The Morgan fingerprint density at radius 2 is 1.90 bits per heavy atom. The summed E-state index contributed by atoms with van der Waals surface area (Å²) in [7, 11) is 0. The number of hydrogen-bond acceptors (Lipinski definition) is 6. The Morgan fingerprint density at radius 1 is 1.06 bits per heavy atom. The lowest BCUT2D eigenvalue weighted by Gasteiger charge is -2.40. The van der Waals surface area contributed by atoms with E-state index in [1.165, 1.54) is 5.57 Å². The molecule has 1 unspecified atom stereocenters. The van der Waals surface area contributed by atoms with Crippen LogP contribution in [0.1, 0.15) is 38.4 Å². The first-order valence-corrected chi connectivity index (χ1v) is 11.0. The molecule has 0 aliphatic carbocycles. The Balaban J connectivity index is 1.26. The van der Waals surface area contributed by atoms with Crippen LogP contribution in [0.2, 0.25) is 0 Å². The van der Waals surface area contributed by atoms with Crippen LogP contribution in [0, 0.1) is 0 Å². The summed E-state index contributed by atoms with van der Waals surface area (Å²) in [6, 6.07) is 8.45. The zero-order valence-electron chi connectivity index (χ0n) is 18.1. The van der Waals surface area contributed by atoms with Crippen LogP contribution in [-0.4, -0.2) is 56.9 Å². The Kier molecular flexibility index (Phi) is 5.19. The highest BCUT2D eigenvalue weighted by Gasteiger charge is 2.26. The molecule has 3 aliphatic rings. The summed E-state index contributed by atoms with van der Waals surface area (Å²) in [6.07, 6.45) is 9.48. The maximum atomic E-state index is 12.0. The largest absolute Gasteiger partial charge is 0.368 e. The van der Waals surface area contributed by atoms with Crippen LogP contribution in [0.25, 0.3) is 11.0 Å². The number of fused-ring (bicyclic) bond motifs is 2. The molecule has 0 bridgehead atoms. The number of rotatable bonds is 3. The molecular weight excluding hydrogens is 388 g/mol. The summed E-state index contributed by atoms with van der Waals surface area (Å²) in [4.78, 5) is 26.1. The molecule has 2 aromatic heterocycles. The number of nitrogens with zero attached hydrogens (tertiary/aromatic N) is 5. The van der Waals surface area contributed by atoms with Gasteiger partial charge in [-0.15, -0.1) is 0 Å². The lowest BCUT2D eigenvalue weighted by molar-refractivity contribution is -0.123. The third-order valence-corrected chi connectivity index (χ3v) is 6.48. The molecule has 1 saturated heterocycles. The monoisotopic (exact) mass is 416 g/mol. The van der Waals surface area contributed by atoms with E-state index in [0.717, 1.165) is 60.7 Å². The number of amides is 1. The summed E-state index contributed by atoms with van der Waals surface area (Å²) < 4.78 is 0. The van der Waals surface area contributed by atoms with Crippen molar-refractivity contribution in [2.24, 2.45) is 0 Å². The highest BCUT2D eigenvalue weighted by Crippen LogP contribution is 2.27. The van der Waals surface area contributed by atoms with Crippen molar-refractivity contribution in [3.8, 4) is 0 Å². The quantitative estimate of drug-likeness (QED) is 0.830. The fourth-order valence-electron chi connectivity index (χ4n) is 4.49. The van der Waals surface area contributed by atoms with E-state index in [1.54, 1.807) is 6.20 Å². The van der Waals surface area contributed by atoms with Gasteiger partial charge in [-0.25, -0.2) is 9.97 Å². The first-order valence-electron chi connectivity index (χ1n) is 11.0. The maximum absolute atomic E-state index is 12.0. The van der Waals surface area contributed by atoms with E-state index < -0.39 is 0 Å². The zero-order valence-corrected chi connectivity index (χ0v) is 18.1. The van der Waals surface area contributed by atoms with Crippen LogP contribution in [0.5, 0.6) is 0 Å². The first kappa shape index (κ1) is 19.8. The van der Waals surface area contributed by atoms with Crippen molar-refractivity contribution in [3.63, 3.8) is 0 Å². The predicted octanol–water partition coefficient (Wildman–Crippen LogP) is 3.12. The van der Waals surface area contributed by atoms with E-state index >= 15 is 0 Å². The van der Waals surface area contributed by atoms with Gasteiger partial charge in [-0.1, -0.05) is 0 Å². The van der Waals surface area contributed by atoms with E-state index in [9.17, 15) is 4.79 Å². The number of hydrogen-bond donors (Lipinski definition) is 1. The van der Waals surface area contributed by atoms with Crippen LogP contribution < -0.4 is 5.43 Å². The van der Waals surface area contributed by atoms with Crippen LogP contribution in [0.15, 0.2) is 65.8 Å². The van der Waals surface area contributed by atoms with Crippen LogP contribution in [-0.2, 0) is 4.79 Å². The van der Waals surface area contributed by atoms with Gasteiger partial charge in [-0.05, 0) is 62.3 Å². The molecule has 3 aliphatic heterocycles. The molecule has 0 saturated carbocycles. The van der Waals surface area contributed by atoms with E-state index in [1.807, 2.05) is 17.1 Å². The molecule has 5 heterocycles. The van der Waals surface area contributed by atoms with Gasteiger partial charge in [0.25, 0.3) is 0 Å². The summed E-state index contributed by atoms with van der Waals surface area (Å²) in [5, 5.41) is 2.96. The molecule has 0 aromatic carbocycles. The van der Waals surface area contributed by atoms with Crippen molar-refractivity contribution in [2.75, 3.05) is 26.2 Å². The second-order valence-corrected chi connectivity index (χ2v) is 8.44. The van der Waals surface area contributed by atoms with Gasteiger partial charge in [-0.2, -0.15) is 0 Å². The molecule has 1 amide bonds. The Labute approximate surface area is 182 Å². The standard InChI is InChI=1S/C24H28N6O/c1-17-5-10-23(31)27-30-16-20(7-9-22(17)30)29-14-12-28(13-15-29)18(2)21-8-6-19-4-3-11-25-24(19)26-21/h3-4,6-9,11,16,18H,5,10,12-15H2,1-2H3,(H,27,31). The molecule has 0 spiro atoms. The van der Waals surface area contributed by atoms with Gasteiger partial charge in [0.05, 0.1) is 23.3 Å². The Hall–Kier alpha value is -3.19. The minimum Gasteiger partial charge on any atom is -0.368 e. The summed E-state index contributed by atoms with van der Waals surface area (Å²) >= 11 is 0. The minimum atomic E-state index is 0.0660. The predicted molar refractivity (Wildman–Crippen MR) is 120 cm³/mol. The number of pyridine rings is 2. The molecule has 2 aromatic rings. The SMILES string of the molecule is CC1=C2C=CC(N3CCN(C(C)c4ccc5cccnc5n4)CC3)=CN2NC(=O)CC1. The smallest absolute Gasteiger partial charge is 0.239 e. The maximum Gasteiger partial charge on any atom is 0.239 e. The van der Waals surface area contributed by atoms with Crippen molar-refractivity contribution in [1.29, 1.82) is 0 Å². The topological polar surface area (TPSA) is 64.6 Å². The van der Waals surface area contributed by atoms with E-state index in [2.05, 4.69) is 64.5 Å². The number of allylic oxidation sites excluding steroid dienone is 3. The number of carbonyl (C=O) groups is 1. The molecule has 7 heteroatoms. The summed E-state index contributed by atoms with van der Waals surface area (Å²) in [5.74, 6) is 0.0660. The molecule has 5 rings (SSSR count). The van der Waals surface area contributed by atoms with Crippen LogP contribution in [0.3, 0.4) is 0 Å². The molecule has 1 atom stereocenters. The lowest BCUT2D eigenvalue weighted by atomic mass is 10.1. The van der Waals surface area contributed by atoms with E-state index in [0.29, 0.717) is 6.42 Å². The fraction of sp³-hybridized carbons (Fsp3) is 0.375. The second-order valence-electron chi connectivity index (χ2n) is 8.44. The molecule has 1 N–H and O–H groups in total.